The van der Waals surface area contributed by atoms with Crippen LogP contribution >= 0.6 is 11.3 Å². The van der Waals surface area contributed by atoms with E-state index in [1.54, 1.807) is 6.20 Å². The highest BCUT2D eigenvalue weighted by Crippen LogP contribution is 2.27. The van der Waals surface area contributed by atoms with Crippen molar-refractivity contribution in [3.05, 3.63) is 47.7 Å². The zero-order valence-electron chi connectivity index (χ0n) is 13.5. The number of benzene rings is 1. The second-order valence-corrected chi connectivity index (χ2v) is 5.93. The number of hydrogen-bond acceptors (Lipinski definition) is 5. The molecule has 24 heavy (non-hydrogen) atoms. The maximum Gasteiger partial charge on any atom is 0.251 e. The summed E-state index contributed by atoms with van der Waals surface area (Å²) in [6.45, 7) is 4.25. The van der Waals surface area contributed by atoms with Crippen molar-refractivity contribution in [3.8, 4) is 16.4 Å². The summed E-state index contributed by atoms with van der Waals surface area (Å²) in [5.74, 6) is 1.14. The summed E-state index contributed by atoms with van der Waals surface area (Å²) in [5, 5.41) is 5.57. The van der Waals surface area contributed by atoms with Crippen molar-refractivity contribution in [1.82, 2.24) is 14.5 Å². The molecule has 0 atom stereocenters. The molecule has 3 aromatic rings. The average Bonchev–Trinajstić information content (AvgIpc) is 3.21. The minimum Gasteiger partial charge on any atom is -0.372 e. The number of anilines is 1. The lowest BCUT2D eigenvalue weighted by Crippen LogP contribution is -2.20. The molecule has 0 saturated carbocycles. The van der Waals surface area contributed by atoms with E-state index in [2.05, 4.69) is 15.3 Å². The molecule has 0 aliphatic carbocycles. The van der Waals surface area contributed by atoms with Gasteiger partial charge in [0, 0.05) is 17.6 Å². The molecule has 0 saturated heterocycles. The number of carbonyl (C=O) groups is 1. The molecule has 2 heterocycles. The normalized spacial score (nSPS) is 10.8. The van der Waals surface area contributed by atoms with E-state index in [4.69, 9.17) is 4.74 Å². The molecule has 124 valence electrons. The van der Waals surface area contributed by atoms with Gasteiger partial charge in [-0.3, -0.25) is 9.36 Å². The van der Waals surface area contributed by atoms with Gasteiger partial charge in [0.15, 0.2) is 5.13 Å². The molecule has 1 N–H and O–H groups in total. The number of amides is 1. The summed E-state index contributed by atoms with van der Waals surface area (Å²) in [6, 6.07) is 9.98. The molecule has 0 spiro atoms. The first-order valence-corrected chi connectivity index (χ1v) is 8.50. The van der Waals surface area contributed by atoms with Gasteiger partial charge in [0.25, 0.3) is 5.91 Å². The molecule has 0 bridgehead atoms. The lowest BCUT2D eigenvalue weighted by atomic mass is 10.2. The van der Waals surface area contributed by atoms with E-state index in [-0.39, 0.29) is 12.5 Å². The van der Waals surface area contributed by atoms with Crippen LogP contribution in [0.2, 0.25) is 0 Å². The fraction of sp³-hybridized carbons (Fsp3) is 0.235. The zero-order chi connectivity index (χ0) is 16.9. The molecule has 0 fully saturated rings. The maximum absolute atomic E-state index is 11.9. The lowest BCUT2D eigenvalue weighted by molar-refractivity contribution is -0.120. The van der Waals surface area contributed by atoms with Crippen molar-refractivity contribution in [1.29, 1.82) is 0 Å². The first kappa shape index (κ1) is 16.4. The molecular formula is C17H18N4O2S. The smallest absolute Gasteiger partial charge is 0.251 e. The molecule has 1 aromatic carbocycles. The van der Waals surface area contributed by atoms with Gasteiger partial charge in [0.1, 0.15) is 18.2 Å². The van der Waals surface area contributed by atoms with Gasteiger partial charge in [-0.2, -0.15) is 0 Å². The van der Waals surface area contributed by atoms with E-state index in [1.165, 1.54) is 11.3 Å². The molecule has 0 aliphatic rings. The maximum atomic E-state index is 11.9. The Morgan fingerprint density at radius 1 is 1.33 bits per heavy atom. The van der Waals surface area contributed by atoms with E-state index in [0.717, 1.165) is 22.2 Å². The number of nitrogens with one attached hydrogen (secondary N) is 1. The summed E-state index contributed by atoms with van der Waals surface area (Å²) >= 11 is 1.50. The van der Waals surface area contributed by atoms with Crippen LogP contribution in [0, 0.1) is 6.92 Å². The van der Waals surface area contributed by atoms with Crippen molar-refractivity contribution in [2.24, 2.45) is 0 Å². The molecule has 6 nitrogen and oxygen atoms in total. The number of carbonyl (C=O) groups excluding carboxylic acids is 1. The molecule has 0 unspecified atom stereocenters. The van der Waals surface area contributed by atoms with Gasteiger partial charge in [-0.15, -0.1) is 11.3 Å². The average molecular weight is 342 g/mol. The van der Waals surface area contributed by atoms with Crippen LogP contribution in [-0.2, 0) is 9.53 Å². The summed E-state index contributed by atoms with van der Waals surface area (Å²) < 4.78 is 6.96. The van der Waals surface area contributed by atoms with Crippen LogP contribution in [0.5, 0.6) is 0 Å². The van der Waals surface area contributed by atoms with Crippen molar-refractivity contribution in [3.63, 3.8) is 0 Å². The first-order chi connectivity index (χ1) is 11.7. The van der Waals surface area contributed by atoms with Crippen molar-refractivity contribution in [2.45, 2.75) is 13.8 Å². The number of rotatable bonds is 6. The van der Waals surface area contributed by atoms with Crippen molar-refractivity contribution in [2.75, 3.05) is 18.5 Å². The Kier molecular flexibility index (Phi) is 5.02. The zero-order valence-corrected chi connectivity index (χ0v) is 14.3. The third kappa shape index (κ3) is 3.52. The Hall–Kier alpha value is -2.51. The second-order valence-electron chi connectivity index (χ2n) is 5.09. The summed E-state index contributed by atoms with van der Waals surface area (Å²) in [6.07, 6.45) is 1.63. The topological polar surface area (TPSA) is 69.0 Å². The molecular weight excluding hydrogens is 324 g/mol. The Bertz CT molecular complexity index is 826. The Morgan fingerprint density at radius 2 is 2.12 bits per heavy atom. The predicted molar refractivity (Wildman–Crippen MR) is 94.5 cm³/mol. The van der Waals surface area contributed by atoms with Gasteiger partial charge < -0.3 is 10.1 Å². The molecule has 0 radical (unpaired) electrons. The molecule has 3 rings (SSSR count). The highest BCUT2D eigenvalue weighted by Gasteiger charge is 2.15. The van der Waals surface area contributed by atoms with Crippen LogP contribution in [0.4, 0.5) is 5.82 Å². The monoisotopic (exact) mass is 342 g/mol. The van der Waals surface area contributed by atoms with Crippen LogP contribution in [0.25, 0.3) is 16.4 Å². The number of aromatic nitrogens is 3. The molecule has 2 aromatic heterocycles. The predicted octanol–water partition coefficient (Wildman–Crippen LogP) is 3.28. The minimum atomic E-state index is -0.210. The number of hydrogen-bond donors (Lipinski definition) is 1. The third-order valence-corrected chi connectivity index (χ3v) is 4.22. The standard InChI is InChI=1S/C17H18N4O2S/c1-3-23-10-16(22)20-15-9-18-12(2)21(15)17-19-14(11-24-17)13-7-5-4-6-8-13/h4-9,11H,3,10H2,1-2H3,(H,20,22). The summed E-state index contributed by atoms with van der Waals surface area (Å²) in [5.41, 5.74) is 1.95. The highest BCUT2D eigenvalue weighted by atomic mass is 32.1. The first-order valence-electron chi connectivity index (χ1n) is 7.62. The number of imidazole rings is 1. The van der Waals surface area contributed by atoms with Crippen molar-refractivity contribution < 1.29 is 9.53 Å². The van der Waals surface area contributed by atoms with Crippen molar-refractivity contribution >= 4 is 23.1 Å². The lowest BCUT2D eigenvalue weighted by Gasteiger charge is -2.08. The van der Waals surface area contributed by atoms with E-state index in [0.29, 0.717) is 12.4 Å². The van der Waals surface area contributed by atoms with Crippen LogP contribution in [0.3, 0.4) is 0 Å². The highest BCUT2D eigenvalue weighted by molar-refractivity contribution is 7.12. The van der Waals surface area contributed by atoms with Gasteiger partial charge in [0.2, 0.25) is 0 Å². The largest absolute Gasteiger partial charge is 0.372 e. The van der Waals surface area contributed by atoms with Gasteiger partial charge in [-0.25, -0.2) is 9.97 Å². The Morgan fingerprint density at radius 3 is 2.88 bits per heavy atom. The van der Waals surface area contributed by atoms with Crippen LogP contribution in [0.1, 0.15) is 12.7 Å². The summed E-state index contributed by atoms with van der Waals surface area (Å²) in [7, 11) is 0. The molecule has 0 aliphatic heterocycles. The van der Waals surface area contributed by atoms with Gasteiger partial charge in [-0.1, -0.05) is 30.3 Å². The van der Waals surface area contributed by atoms with Crippen LogP contribution in [-0.4, -0.2) is 33.7 Å². The van der Waals surface area contributed by atoms with Gasteiger partial charge >= 0.3 is 0 Å². The molecule has 7 heteroatoms. The van der Waals surface area contributed by atoms with E-state index < -0.39 is 0 Å². The van der Waals surface area contributed by atoms with E-state index >= 15 is 0 Å². The minimum absolute atomic E-state index is 0.0217. The van der Waals surface area contributed by atoms with Crippen LogP contribution in [0.15, 0.2) is 41.9 Å². The number of nitrogens with zero attached hydrogens (tertiary/aromatic N) is 3. The Labute approximate surface area is 144 Å². The number of aryl methyl sites for hydroxylation is 1. The Balaban J connectivity index is 1.86. The fourth-order valence-electron chi connectivity index (χ4n) is 2.26. The fourth-order valence-corrected chi connectivity index (χ4v) is 3.15. The van der Waals surface area contributed by atoms with Gasteiger partial charge in [-0.05, 0) is 13.8 Å². The number of thiazole rings is 1. The number of ether oxygens (including phenoxy) is 1. The van der Waals surface area contributed by atoms with Crippen LogP contribution < -0.4 is 5.32 Å². The SMILES string of the molecule is CCOCC(=O)Nc1cnc(C)n1-c1nc(-c2ccccc2)cs1. The third-order valence-electron chi connectivity index (χ3n) is 3.40. The summed E-state index contributed by atoms with van der Waals surface area (Å²) in [4.78, 5) is 20.9. The second kappa shape index (κ2) is 7.37. The molecule has 1 amide bonds. The van der Waals surface area contributed by atoms with Gasteiger partial charge in [0.05, 0.1) is 11.9 Å². The van der Waals surface area contributed by atoms with E-state index in [9.17, 15) is 4.79 Å². The van der Waals surface area contributed by atoms with E-state index in [1.807, 2.05) is 54.1 Å². The quantitative estimate of drug-likeness (QED) is 0.746.